The van der Waals surface area contributed by atoms with Crippen molar-refractivity contribution in [1.82, 2.24) is 0 Å². The summed E-state index contributed by atoms with van der Waals surface area (Å²) in [6.45, 7) is 0.640. The lowest BCUT2D eigenvalue weighted by Gasteiger charge is -1.92. The van der Waals surface area contributed by atoms with Crippen molar-refractivity contribution in [3.05, 3.63) is 71.8 Å². The summed E-state index contributed by atoms with van der Waals surface area (Å²) in [5.74, 6) is 0. The highest BCUT2D eigenvalue weighted by molar-refractivity contribution is 6.63. The Morgan fingerprint density at radius 1 is 0.889 bits per heavy atom. The second-order valence-electron chi connectivity index (χ2n) is 3.71. The van der Waals surface area contributed by atoms with Crippen LogP contribution in [0, 0.1) is 0 Å². The molecule has 0 aliphatic heterocycles. The van der Waals surface area contributed by atoms with Crippen LogP contribution in [0.15, 0.2) is 60.7 Å². The van der Waals surface area contributed by atoms with Crippen molar-refractivity contribution in [2.45, 2.75) is 13.0 Å². The molecule has 94 valence electrons. The largest absolute Gasteiger partial charge is 0.326 e. The minimum absolute atomic E-state index is 0.314. The Labute approximate surface area is 112 Å². The van der Waals surface area contributed by atoms with E-state index >= 15 is 0 Å². The van der Waals surface area contributed by atoms with Crippen LogP contribution in [0.25, 0.3) is 0 Å². The molecule has 0 unspecified atom stereocenters. The molecule has 0 heterocycles. The third kappa shape index (κ3) is 6.18. The van der Waals surface area contributed by atoms with E-state index in [2.05, 4.69) is 0 Å². The standard InChI is InChI=1S/C8H7ClO.C7H9N/c9-8(10)6-7-4-2-1-3-5-7;8-6-7-4-2-1-3-5-7/h1-5H,6H2;1-5H,6,8H2. The third-order valence-electron chi connectivity index (χ3n) is 2.26. The van der Waals surface area contributed by atoms with E-state index in [1.54, 1.807) is 0 Å². The normalized spacial score (nSPS) is 9.22. The number of nitrogens with two attached hydrogens (primary N) is 1. The van der Waals surface area contributed by atoms with Gasteiger partial charge < -0.3 is 5.73 Å². The first-order valence-electron chi connectivity index (χ1n) is 5.68. The van der Waals surface area contributed by atoms with Gasteiger partial charge in [-0.3, -0.25) is 4.79 Å². The Kier molecular flexibility index (Phi) is 6.77. The topological polar surface area (TPSA) is 43.1 Å². The van der Waals surface area contributed by atoms with Crippen molar-refractivity contribution in [1.29, 1.82) is 0 Å². The molecule has 2 aromatic carbocycles. The van der Waals surface area contributed by atoms with Gasteiger partial charge in [0.15, 0.2) is 0 Å². The van der Waals surface area contributed by atoms with Crippen molar-refractivity contribution in [2.75, 3.05) is 0 Å². The third-order valence-corrected chi connectivity index (χ3v) is 2.40. The molecule has 0 aliphatic carbocycles. The fraction of sp³-hybridized carbons (Fsp3) is 0.133. The smallest absolute Gasteiger partial charge is 0.226 e. The van der Waals surface area contributed by atoms with Crippen LogP contribution in [0.1, 0.15) is 11.1 Å². The highest BCUT2D eigenvalue weighted by atomic mass is 35.5. The molecule has 0 aliphatic rings. The summed E-state index contributed by atoms with van der Waals surface area (Å²) in [6.07, 6.45) is 0.322. The van der Waals surface area contributed by atoms with Gasteiger partial charge >= 0.3 is 0 Å². The number of carbonyl (C=O) groups is 1. The number of carbonyl (C=O) groups excluding carboxylic acids is 1. The second kappa shape index (κ2) is 8.45. The number of hydrogen-bond acceptors (Lipinski definition) is 2. The van der Waals surface area contributed by atoms with Gasteiger partial charge in [-0.2, -0.15) is 0 Å². The SMILES string of the molecule is NCc1ccccc1.O=C(Cl)Cc1ccccc1. The average molecular weight is 262 g/mol. The van der Waals surface area contributed by atoms with Crippen LogP contribution in [0.4, 0.5) is 0 Å². The molecule has 0 saturated heterocycles. The molecular weight excluding hydrogens is 246 g/mol. The highest BCUT2D eigenvalue weighted by Gasteiger charge is 1.96. The van der Waals surface area contributed by atoms with Gasteiger partial charge in [0.2, 0.25) is 5.24 Å². The molecule has 0 bridgehead atoms. The maximum absolute atomic E-state index is 10.4. The van der Waals surface area contributed by atoms with Crippen LogP contribution in [0.5, 0.6) is 0 Å². The van der Waals surface area contributed by atoms with Gasteiger partial charge in [0.05, 0.1) is 0 Å². The van der Waals surface area contributed by atoms with E-state index in [1.807, 2.05) is 60.7 Å². The molecule has 0 fully saturated rings. The first-order chi connectivity index (χ1) is 8.72. The molecule has 18 heavy (non-hydrogen) atoms. The first-order valence-corrected chi connectivity index (χ1v) is 6.06. The number of benzene rings is 2. The van der Waals surface area contributed by atoms with E-state index in [0.29, 0.717) is 13.0 Å². The molecule has 0 spiro atoms. The predicted molar refractivity (Wildman–Crippen MR) is 75.3 cm³/mol. The van der Waals surface area contributed by atoms with Gasteiger partial charge in [0, 0.05) is 13.0 Å². The summed E-state index contributed by atoms with van der Waals surface area (Å²) in [5, 5.41) is -0.314. The Hall–Kier alpha value is -1.64. The zero-order chi connectivity index (χ0) is 13.2. The van der Waals surface area contributed by atoms with Crippen molar-refractivity contribution < 1.29 is 4.79 Å². The lowest BCUT2D eigenvalue weighted by Crippen LogP contribution is -1.94. The molecule has 3 heteroatoms. The monoisotopic (exact) mass is 261 g/mol. The maximum atomic E-state index is 10.4. The summed E-state index contributed by atoms with van der Waals surface area (Å²) < 4.78 is 0. The molecule has 2 aromatic rings. The van der Waals surface area contributed by atoms with Crippen molar-refractivity contribution in [3.8, 4) is 0 Å². The van der Waals surface area contributed by atoms with E-state index in [4.69, 9.17) is 17.3 Å². The van der Waals surface area contributed by atoms with Crippen molar-refractivity contribution in [3.63, 3.8) is 0 Å². The van der Waals surface area contributed by atoms with Crippen molar-refractivity contribution >= 4 is 16.8 Å². The molecule has 0 amide bonds. The van der Waals surface area contributed by atoms with E-state index in [0.717, 1.165) is 5.56 Å². The van der Waals surface area contributed by atoms with E-state index in [9.17, 15) is 4.79 Å². The first kappa shape index (κ1) is 14.4. The number of hydrogen-bond donors (Lipinski definition) is 1. The molecule has 0 saturated carbocycles. The minimum atomic E-state index is -0.314. The molecule has 2 rings (SSSR count). The molecular formula is C15H16ClNO. The summed E-state index contributed by atoms with van der Waals surface area (Å²) >= 11 is 5.17. The Morgan fingerprint density at radius 3 is 1.67 bits per heavy atom. The fourth-order valence-corrected chi connectivity index (χ4v) is 1.52. The van der Waals surface area contributed by atoms with E-state index < -0.39 is 0 Å². The molecule has 0 aromatic heterocycles. The zero-order valence-corrected chi connectivity index (χ0v) is 10.8. The zero-order valence-electron chi connectivity index (χ0n) is 10.1. The van der Waals surface area contributed by atoms with Gasteiger partial charge in [0.1, 0.15) is 0 Å². The number of halogens is 1. The van der Waals surface area contributed by atoms with Gasteiger partial charge in [-0.25, -0.2) is 0 Å². The Morgan fingerprint density at radius 2 is 1.33 bits per heavy atom. The minimum Gasteiger partial charge on any atom is -0.326 e. The van der Waals surface area contributed by atoms with E-state index in [1.165, 1.54) is 5.56 Å². The molecule has 0 radical (unpaired) electrons. The Balaban J connectivity index is 0.000000184. The molecule has 0 atom stereocenters. The Bertz CT molecular complexity index is 456. The maximum Gasteiger partial charge on any atom is 0.226 e. The van der Waals surface area contributed by atoms with Gasteiger partial charge in [0.25, 0.3) is 0 Å². The van der Waals surface area contributed by atoms with Crippen LogP contribution in [-0.2, 0) is 17.8 Å². The molecule has 2 nitrogen and oxygen atoms in total. The van der Waals surface area contributed by atoms with Crippen LogP contribution in [0.2, 0.25) is 0 Å². The second-order valence-corrected chi connectivity index (χ2v) is 4.13. The average Bonchev–Trinajstić information content (AvgIpc) is 2.41. The lowest BCUT2D eigenvalue weighted by molar-refractivity contribution is -0.111. The van der Waals surface area contributed by atoms with Gasteiger partial charge in [-0.15, -0.1) is 0 Å². The van der Waals surface area contributed by atoms with Gasteiger partial charge in [-0.05, 0) is 22.7 Å². The van der Waals surface area contributed by atoms with Gasteiger partial charge in [-0.1, -0.05) is 60.7 Å². The fourth-order valence-electron chi connectivity index (χ4n) is 1.37. The number of rotatable bonds is 3. The van der Waals surface area contributed by atoms with Crippen molar-refractivity contribution in [2.24, 2.45) is 5.73 Å². The predicted octanol–water partition coefficient (Wildman–Crippen LogP) is 3.14. The highest BCUT2D eigenvalue weighted by Crippen LogP contribution is 2.00. The summed E-state index contributed by atoms with van der Waals surface area (Å²) in [6, 6.07) is 19.4. The lowest BCUT2D eigenvalue weighted by atomic mass is 10.2. The summed E-state index contributed by atoms with van der Waals surface area (Å²) in [7, 11) is 0. The van der Waals surface area contributed by atoms with Crippen LogP contribution in [-0.4, -0.2) is 5.24 Å². The van der Waals surface area contributed by atoms with E-state index in [-0.39, 0.29) is 5.24 Å². The quantitative estimate of drug-likeness (QED) is 0.863. The van der Waals surface area contributed by atoms with Crippen LogP contribution in [0.3, 0.4) is 0 Å². The molecule has 2 N–H and O–H groups in total. The van der Waals surface area contributed by atoms with Crippen LogP contribution >= 0.6 is 11.6 Å². The summed E-state index contributed by atoms with van der Waals surface area (Å²) in [4.78, 5) is 10.4. The van der Waals surface area contributed by atoms with Crippen LogP contribution < -0.4 is 5.73 Å². The summed E-state index contributed by atoms with van der Waals surface area (Å²) in [5.41, 5.74) is 7.50.